The molecule has 2 aromatic carbocycles. The van der Waals surface area contributed by atoms with Crippen molar-refractivity contribution < 1.29 is 14.0 Å². The summed E-state index contributed by atoms with van der Waals surface area (Å²) in [6.45, 7) is 0.881. The second kappa shape index (κ2) is 6.82. The maximum absolute atomic E-state index is 5.89. The van der Waals surface area contributed by atoms with Crippen molar-refractivity contribution in [2.75, 3.05) is 20.5 Å². The van der Waals surface area contributed by atoms with Crippen LogP contribution in [0.15, 0.2) is 65.2 Å². The van der Waals surface area contributed by atoms with Gasteiger partial charge in [0.25, 0.3) is 0 Å². The first-order valence-electron chi connectivity index (χ1n) is 8.52. The third-order valence-electron chi connectivity index (χ3n) is 4.72. The molecule has 0 radical (unpaired) electrons. The minimum absolute atomic E-state index is 0.0935. The Morgan fingerprint density at radius 1 is 0.960 bits per heavy atom. The SMILES string of the molecule is COCOCC1(c2onc(-c3ccccc3)c2-c2ccccc2)CC1. The van der Waals surface area contributed by atoms with Gasteiger partial charge in [0, 0.05) is 12.7 Å². The van der Waals surface area contributed by atoms with E-state index in [1.807, 2.05) is 36.4 Å². The average Bonchev–Trinajstić information content (AvgIpc) is 3.32. The summed E-state index contributed by atoms with van der Waals surface area (Å²) in [4.78, 5) is 0. The molecule has 1 aliphatic carbocycles. The normalized spacial score (nSPS) is 15.2. The molecule has 1 heterocycles. The number of ether oxygens (including phenoxy) is 2. The van der Waals surface area contributed by atoms with Gasteiger partial charge in [-0.1, -0.05) is 65.8 Å². The molecule has 1 aliphatic rings. The zero-order valence-electron chi connectivity index (χ0n) is 14.3. The lowest BCUT2D eigenvalue weighted by Gasteiger charge is -2.14. The fourth-order valence-corrected chi connectivity index (χ4v) is 3.23. The van der Waals surface area contributed by atoms with Crippen LogP contribution in [0.5, 0.6) is 0 Å². The third kappa shape index (κ3) is 3.11. The Morgan fingerprint density at radius 3 is 2.20 bits per heavy atom. The van der Waals surface area contributed by atoms with E-state index in [4.69, 9.17) is 14.0 Å². The Labute approximate surface area is 147 Å². The quantitative estimate of drug-likeness (QED) is 0.465. The van der Waals surface area contributed by atoms with Gasteiger partial charge in [-0.2, -0.15) is 0 Å². The number of rotatable bonds is 7. The lowest BCUT2D eigenvalue weighted by Crippen LogP contribution is -2.16. The first-order valence-corrected chi connectivity index (χ1v) is 8.52. The van der Waals surface area contributed by atoms with Crippen LogP contribution < -0.4 is 0 Å². The molecular formula is C21H21NO3. The van der Waals surface area contributed by atoms with Crippen LogP contribution >= 0.6 is 0 Å². The van der Waals surface area contributed by atoms with Gasteiger partial charge in [-0.25, -0.2) is 0 Å². The molecule has 128 valence electrons. The van der Waals surface area contributed by atoms with Crippen molar-refractivity contribution >= 4 is 0 Å². The Hall–Kier alpha value is -2.43. The van der Waals surface area contributed by atoms with Gasteiger partial charge in [0.15, 0.2) is 5.76 Å². The van der Waals surface area contributed by atoms with Crippen LogP contribution in [0.4, 0.5) is 0 Å². The van der Waals surface area contributed by atoms with Gasteiger partial charge in [0.2, 0.25) is 0 Å². The molecule has 0 aliphatic heterocycles. The summed E-state index contributed by atoms with van der Waals surface area (Å²) in [5.74, 6) is 0.925. The van der Waals surface area contributed by atoms with E-state index in [-0.39, 0.29) is 5.41 Å². The number of nitrogens with zero attached hydrogens (tertiary/aromatic N) is 1. The van der Waals surface area contributed by atoms with Gasteiger partial charge in [0.05, 0.1) is 17.6 Å². The Morgan fingerprint density at radius 2 is 1.60 bits per heavy atom. The monoisotopic (exact) mass is 335 g/mol. The zero-order chi connectivity index (χ0) is 17.1. The van der Waals surface area contributed by atoms with Crippen molar-refractivity contribution in [2.45, 2.75) is 18.3 Å². The molecule has 25 heavy (non-hydrogen) atoms. The maximum Gasteiger partial charge on any atom is 0.153 e. The molecule has 0 amide bonds. The molecule has 0 atom stereocenters. The standard InChI is InChI=1S/C21H21NO3/c1-23-15-24-14-21(12-13-21)20-18(16-8-4-2-5-9-16)19(22-25-20)17-10-6-3-7-11-17/h2-11H,12-15H2,1H3. The van der Waals surface area contributed by atoms with Crippen LogP contribution in [0.25, 0.3) is 22.4 Å². The lowest BCUT2D eigenvalue weighted by molar-refractivity contribution is -0.0404. The molecule has 0 bridgehead atoms. The highest BCUT2D eigenvalue weighted by atomic mass is 16.7. The van der Waals surface area contributed by atoms with Crippen molar-refractivity contribution in [3.05, 3.63) is 66.4 Å². The molecule has 4 nitrogen and oxygen atoms in total. The van der Waals surface area contributed by atoms with E-state index in [1.165, 1.54) is 0 Å². The number of benzene rings is 2. The molecule has 1 saturated carbocycles. The molecule has 4 heteroatoms. The van der Waals surface area contributed by atoms with Crippen molar-refractivity contribution in [3.8, 4) is 22.4 Å². The summed E-state index contributed by atoms with van der Waals surface area (Å²) in [5, 5.41) is 4.44. The van der Waals surface area contributed by atoms with Crippen LogP contribution in [0.3, 0.4) is 0 Å². The van der Waals surface area contributed by atoms with Crippen LogP contribution in [0, 0.1) is 0 Å². The van der Waals surface area contributed by atoms with Gasteiger partial charge < -0.3 is 14.0 Å². The van der Waals surface area contributed by atoms with Crippen molar-refractivity contribution in [1.82, 2.24) is 5.16 Å². The fraction of sp³-hybridized carbons (Fsp3) is 0.286. The summed E-state index contributed by atoms with van der Waals surface area (Å²) in [6.07, 6.45) is 2.08. The lowest BCUT2D eigenvalue weighted by atomic mass is 9.92. The Balaban J connectivity index is 1.79. The smallest absolute Gasteiger partial charge is 0.153 e. The summed E-state index contributed by atoms with van der Waals surface area (Å²) >= 11 is 0. The molecule has 1 fully saturated rings. The number of aromatic nitrogens is 1. The van der Waals surface area contributed by atoms with E-state index >= 15 is 0 Å². The van der Waals surface area contributed by atoms with E-state index in [0.717, 1.165) is 41.0 Å². The maximum atomic E-state index is 5.89. The van der Waals surface area contributed by atoms with Crippen molar-refractivity contribution in [1.29, 1.82) is 0 Å². The fourth-order valence-electron chi connectivity index (χ4n) is 3.23. The first kappa shape index (κ1) is 16.1. The van der Waals surface area contributed by atoms with Crippen LogP contribution in [0.2, 0.25) is 0 Å². The van der Waals surface area contributed by atoms with E-state index in [0.29, 0.717) is 13.4 Å². The molecule has 0 N–H and O–H groups in total. The predicted octanol–water partition coefficient (Wildman–Crippen LogP) is 4.66. The third-order valence-corrected chi connectivity index (χ3v) is 4.72. The second-order valence-corrected chi connectivity index (χ2v) is 6.50. The summed E-state index contributed by atoms with van der Waals surface area (Å²) in [6, 6.07) is 20.5. The summed E-state index contributed by atoms with van der Waals surface area (Å²) < 4.78 is 16.6. The number of hydrogen-bond donors (Lipinski definition) is 0. The molecule has 0 saturated heterocycles. The summed E-state index contributed by atoms with van der Waals surface area (Å²) in [5.41, 5.74) is 4.05. The minimum Gasteiger partial charge on any atom is -0.359 e. The van der Waals surface area contributed by atoms with Crippen molar-refractivity contribution in [2.24, 2.45) is 0 Å². The Kier molecular flexibility index (Phi) is 4.38. The molecule has 4 rings (SSSR count). The van der Waals surface area contributed by atoms with Crippen LogP contribution in [0.1, 0.15) is 18.6 Å². The summed E-state index contributed by atoms with van der Waals surface area (Å²) in [7, 11) is 1.64. The largest absolute Gasteiger partial charge is 0.359 e. The highest BCUT2D eigenvalue weighted by Gasteiger charge is 2.50. The zero-order valence-corrected chi connectivity index (χ0v) is 14.3. The number of hydrogen-bond acceptors (Lipinski definition) is 4. The van der Waals surface area contributed by atoms with Gasteiger partial charge in [-0.05, 0) is 18.4 Å². The number of methoxy groups -OCH3 is 1. The van der Waals surface area contributed by atoms with E-state index < -0.39 is 0 Å². The van der Waals surface area contributed by atoms with E-state index in [2.05, 4.69) is 29.4 Å². The van der Waals surface area contributed by atoms with Crippen LogP contribution in [-0.2, 0) is 14.9 Å². The molecule has 0 spiro atoms. The predicted molar refractivity (Wildman–Crippen MR) is 96.1 cm³/mol. The van der Waals surface area contributed by atoms with E-state index in [9.17, 15) is 0 Å². The molecular weight excluding hydrogens is 314 g/mol. The van der Waals surface area contributed by atoms with Crippen LogP contribution in [-0.4, -0.2) is 25.7 Å². The minimum atomic E-state index is -0.0935. The molecule has 0 unspecified atom stereocenters. The van der Waals surface area contributed by atoms with Gasteiger partial charge in [-0.3, -0.25) is 0 Å². The van der Waals surface area contributed by atoms with Gasteiger partial charge in [-0.15, -0.1) is 0 Å². The molecule has 3 aromatic rings. The second-order valence-electron chi connectivity index (χ2n) is 6.50. The molecule has 1 aromatic heterocycles. The topological polar surface area (TPSA) is 44.5 Å². The van der Waals surface area contributed by atoms with Gasteiger partial charge in [0.1, 0.15) is 12.5 Å². The Bertz CT molecular complexity index is 823. The van der Waals surface area contributed by atoms with E-state index in [1.54, 1.807) is 7.11 Å². The van der Waals surface area contributed by atoms with Crippen molar-refractivity contribution in [3.63, 3.8) is 0 Å². The highest BCUT2D eigenvalue weighted by molar-refractivity contribution is 5.83. The average molecular weight is 335 g/mol. The van der Waals surface area contributed by atoms with Gasteiger partial charge >= 0.3 is 0 Å². The first-order chi connectivity index (χ1) is 12.3. The highest BCUT2D eigenvalue weighted by Crippen LogP contribution is 2.53.